The number of carbonyl (C=O) groups is 3. The van der Waals surface area contributed by atoms with Gasteiger partial charge >= 0.3 is 5.97 Å². The first-order valence-corrected chi connectivity index (χ1v) is 9.20. The molecule has 0 radical (unpaired) electrons. The van der Waals surface area contributed by atoms with E-state index in [4.69, 9.17) is 9.47 Å². The summed E-state index contributed by atoms with van der Waals surface area (Å²) in [4.78, 5) is 38.8. The molecule has 2 aromatic carbocycles. The molecule has 0 saturated carbocycles. The lowest BCUT2D eigenvalue weighted by atomic mass is 10.0. The Kier molecular flexibility index (Phi) is 5.78. The Morgan fingerprint density at radius 1 is 1.14 bits per heavy atom. The van der Waals surface area contributed by atoms with E-state index in [9.17, 15) is 14.4 Å². The lowest BCUT2D eigenvalue weighted by Crippen LogP contribution is -2.38. The Balaban J connectivity index is 1.70. The van der Waals surface area contributed by atoms with Crippen LogP contribution >= 0.6 is 0 Å². The van der Waals surface area contributed by atoms with Crippen LogP contribution in [0.25, 0.3) is 0 Å². The number of ketones is 1. The number of fused-ring (bicyclic) bond motifs is 1. The fourth-order valence-electron chi connectivity index (χ4n) is 3.04. The van der Waals surface area contributed by atoms with E-state index in [2.05, 4.69) is 0 Å². The lowest BCUT2D eigenvalue weighted by Gasteiger charge is -2.22. The van der Waals surface area contributed by atoms with E-state index >= 15 is 0 Å². The van der Waals surface area contributed by atoms with Gasteiger partial charge in [0.25, 0.3) is 0 Å². The Labute approximate surface area is 164 Å². The molecule has 0 N–H and O–H groups in total. The van der Waals surface area contributed by atoms with Gasteiger partial charge in [0, 0.05) is 5.56 Å². The Morgan fingerprint density at radius 2 is 1.89 bits per heavy atom. The topological polar surface area (TPSA) is 72.9 Å². The molecular weight excluding hydrogens is 358 g/mol. The minimum atomic E-state index is -0.942. The zero-order valence-corrected chi connectivity index (χ0v) is 16.2. The number of anilines is 1. The molecule has 6 heteroatoms. The number of rotatable bonds is 5. The smallest absolute Gasteiger partial charge is 0.326 e. The van der Waals surface area contributed by atoms with Crippen molar-refractivity contribution in [2.75, 3.05) is 18.1 Å². The summed E-state index contributed by atoms with van der Waals surface area (Å²) < 4.78 is 10.9. The predicted molar refractivity (Wildman–Crippen MR) is 105 cm³/mol. The number of hydrogen-bond acceptors (Lipinski definition) is 5. The molecule has 1 aliphatic heterocycles. The van der Waals surface area contributed by atoms with E-state index in [0.717, 1.165) is 11.1 Å². The summed E-state index contributed by atoms with van der Waals surface area (Å²) in [5.41, 5.74) is 3.10. The van der Waals surface area contributed by atoms with Crippen molar-refractivity contribution in [1.29, 1.82) is 0 Å². The third-order valence-corrected chi connectivity index (χ3v) is 4.79. The van der Waals surface area contributed by atoms with Gasteiger partial charge < -0.3 is 9.47 Å². The molecule has 6 nitrogen and oxygen atoms in total. The summed E-state index contributed by atoms with van der Waals surface area (Å²) in [6.45, 7) is 5.41. The third-order valence-electron chi connectivity index (χ3n) is 4.79. The van der Waals surface area contributed by atoms with Gasteiger partial charge in [0.05, 0.1) is 18.7 Å². The summed E-state index contributed by atoms with van der Waals surface area (Å²) in [5, 5.41) is 0. The average molecular weight is 381 g/mol. The van der Waals surface area contributed by atoms with E-state index in [1.165, 1.54) is 11.8 Å². The monoisotopic (exact) mass is 381 g/mol. The maximum Gasteiger partial charge on any atom is 0.326 e. The first-order valence-electron chi connectivity index (χ1n) is 9.20. The highest BCUT2D eigenvalue weighted by molar-refractivity contribution is 6.02. The first kappa shape index (κ1) is 19.6. The van der Waals surface area contributed by atoms with Gasteiger partial charge in [0.2, 0.25) is 11.7 Å². The molecule has 0 bridgehead atoms. The van der Waals surface area contributed by atoms with Crippen LogP contribution in [0.5, 0.6) is 5.75 Å². The molecular formula is C22H23NO5. The summed E-state index contributed by atoms with van der Waals surface area (Å²) in [5.74, 6) is -0.604. The van der Waals surface area contributed by atoms with Gasteiger partial charge in [-0.2, -0.15) is 0 Å². The number of Topliss-reactive ketones (excluding diaryl/α,β-unsaturated/α-hetero) is 1. The number of aryl methyl sites for hydroxylation is 2. The van der Waals surface area contributed by atoms with Gasteiger partial charge in [-0.3, -0.25) is 19.3 Å². The number of ether oxygens (including phenoxy) is 2. The highest BCUT2D eigenvalue weighted by atomic mass is 16.5. The molecule has 0 aliphatic carbocycles. The maximum absolute atomic E-state index is 12.6. The second-order valence-electron chi connectivity index (χ2n) is 6.84. The summed E-state index contributed by atoms with van der Waals surface area (Å²) in [6.07, 6.45) is -0.776. The van der Waals surface area contributed by atoms with Gasteiger partial charge in [0.1, 0.15) is 12.3 Å². The van der Waals surface area contributed by atoms with Crippen molar-refractivity contribution in [3.63, 3.8) is 0 Å². The highest BCUT2D eigenvalue weighted by Gasteiger charge is 2.27. The van der Waals surface area contributed by atoms with Gasteiger partial charge in [0.15, 0.2) is 6.10 Å². The fraction of sp³-hybridized carbons (Fsp3) is 0.318. The van der Waals surface area contributed by atoms with Crippen LogP contribution in [-0.2, 0) is 14.3 Å². The number of nitrogens with zero attached hydrogens (tertiary/aromatic N) is 1. The number of para-hydroxylation sites is 2. The number of amides is 1. The standard InChI is InChI=1S/C22H23NO5/c1-14-8-9-17(12-15(14)2)22(26)16(3)28-21(25)13-23-18-6-4-5-7-19(18)27-11-10-20(23)24/h4-9,12,16H,10-11,13H2,1-3H3/t16-/m1/s1. The molecule has 1 heterocycles. The predicted octanol–water partition coefficient (Wildman–Crippen LogP) is 3.23. The molecule has 28 heavy (non-hydrogen) atoms. The molecule has 2 aromatic rings. The van der Waals surface area contributed by atoms with Crippen LogP contribution in [-0.4, -0.2) is 36.9 Å². The van der Waals surface area contributed by atoms with E-state index in [0.29, 0.717) is 17.0 Å². The van der Waals surface area contributed by atoms with Crippen LogP contribution < -0.4 is 9.64 Å². The van der Waals surface area contributed by atoms with Gasteiger partial charge in [-0.05, 0) is 50.1 Å². The Morgan fingerprint density at radius 3 is 2.64 bits per heavy atom. The zero-order chi connectivity index (χ0) is 20.3. The second-order valence-corrected chi connectivity index (χ2v) is 6.84. The van der Waals surface area contributed by atoms with Crippen LogP contribution in [0.4, 0.5) is 5.69 Å². The largest absolute Gasteiger partial charge is 0.491 e. The molecule has 0 spiro atoms. The molecule has 3 rings (SSSR count). The Hall–Kier alpha value is -3.15. The first-order chi connectivity index (χ1) is 13.4. The molecule has 0 saturated heterocycles. The van der Waals surface area contributed by atoms with Crippen molar-refractivity contribution in [3.05, 3.63) is 59.2 Å². The van der Waals surface area contributed by atoms with E-state index in [1.807, 2.05) is 19.9 Å². The number of carbonyl (C=O) groups excluding carboxylic acids is 3. The van der Waals surface area contributed by atoms with Crippen LogP contribution in [0.1, 0.15) is 34.8 Å². The van der Waals surface area contributed by atoms with Crippen molar-refractivity contribution in [3.8, 4) is 5.75 Å². The molecule has 1 amide bonds. The molecule has 1 aliphatic rings. The normalized spacial score (nSPS) is 14.5. The molecule has 0 unspecified atom stereocenters. The van der Waals surface area contributed by atoms with Crippen LogP contribution in [0.3, 0.4) is 0 Å². The van der Waals surface area contributed by atoms with Crippen LogP contribution in [0.2, 0.25) is 0 Å². The van der Waals surface area contributed by atoms with Crippen molar-refractivity contribution in [1.82, 2.24) is 0 Å². The highest BCUT2D eigenvalue weighted by Crippen LogP contribution is 2.30. The number of esters is 1. The molecule has 0 aromatic heterocycles. The molecule has 1 atom stereocenters. The van der Waals surface area contributed by atoms with Crippen molar-refractivity contribution >= 4 is 23.3 Å². The number of benzene rings is 2. The maximum atomic E-state index is 12.6. The SMILES string of the molecule is Cc1ccc(C(=O)[C@@H](C)OC(=O)CN2C(=O)CCOc3ccccc32)cc1C. The van der Waals surface area contributed by atoms with Crippen LogP contribution in [0, 0.1) is 13.8 Å². The fourth-order valence-corrected chi connectivity index (χ4v) is 3.04. The minimum Gasteiger partial charge on any atom is -0.491 e. The van der Waals surface area contributed by atoms with Gasteiger partial charge in [-0.1, -0.05) is 24.3 Å². The van der Waals surface area contributed by atoms with E-state index in [-0.39, 0.29) is 31.3 Å². The average Bonchev–Trinajstić information content (AvgIpc) is 2.82. The van der Waals surface area contributed by atoms with Crippen LogP contribution in [0.15, 0.2) is 42.5 Å². The van der Waals surface area contributed by atoms with Crippen molar-refractivity contribution < 1.29 is 23.9 Å². The Bertz CT molecular complexity index is 921. The second kappa shape index (κ2) is 8.25. The lowest BCUT2D eigenvalue weighted by molar-refractivity contribution is -0.145. The third kappa shape index (κ3) is 4.22. The summed E-state index contributed by atoms with van der Waals surface area (Å²) in [6, 6.07) is 12.4. The summed E-state index contributed by atoms with van der Waals surface area (Å²) in [7, 11) is 0. The van der Waals surface area contributed by atoms with E-state index in [1.54, 1.807) is 36.4 Å². The van der Waals surface area contributed by atoms with Crippen molar-refractivity contribution in [2.24, 2.45) is 0 Å². The summed E-state index contributed by atoms with van der Waals surface area (Å²) >= 11 is 0. The van der Waals surface area contributed by atoms with Gasteiger partial charge in [-0.15, -0.1) is 0 Å². The number of hydrogen-bond donors (Lipinski definition) is 0. The van der Waals surface area contributed by atoms with Crippen molar-refractivity contribution in [2.45, 2.75) is 33.3 Å². The quantitative estimate of drug-likeness (QED) is 0.587. The molecule has 146 valence electrons. The van der Waals surface area contributed by atoms with E-state index < -0.39 is 12.1 Å². The van der Waals surface area contributed by atoms with Gasteiger partial charge in [-0.25, -0.2) is 0 Å². The molecule has 0 fully saturated rings. The minimum absolute atomic E-state index is 0.166. The zero-order valence-electron chi connectivity index (χ0n) is 16.2.